The molecule has 0 unspecified atom stereocenters. The third kappa shape index (κ3) is 20.0. The lowest BCUT2D eigenvalue weighted by molar-refractivity contribution is -0.305. The molecule has 0 rings (SSSR count). The van der Waals surface area contributed by atoms with Gasteiger partial charge in [-0.1, -0.05) is 72.9 Å². The highest BCUT2D eigenvalue weighted by atomic mass is 16.4. The van der Waals surface area contributed by atoms with E-state index in [-0.39, 0.29) is 13.0 Å². The standard InChI is InChI=1S/C22H32O5/c23-19-13-7-11-17-21(25)16-10-6-5-9-15-20(24)14-8-3-1-2-4-12-18-22(26)27/h2-11,15-16,20-21,23-25H,1,12-14,17-19H2,(H,26,27)/p-1/b4-2-,6-5+,8-3-,11-7-,15-9+,16-10-/t20-,21-/m1/s1. The lowest BCUT2D eigenvalue weighted by Gasteiger charge is -1.99. The molecule has 0 aromatic heterocycles. The summed E-state index contributed by atoms with van der Waals surface area (Å²) >= 11 is 0. The van der Waals surface area contributed by atoms with Crippen molar-refractivity contribution >= 4 is 5.97 Å². The van der Waals surface area contributed by atoms with E-state index < -0.39 is 18.2 Å². The van der Waals surface area contributed by atoms with E-state index in [2.05, 4.69) is 0 Å². The molecule has 0 aliphatic heterocycles. The van der Waals surface area contributed by atoms with Gasteiger partial charge >= 0.3 is 0 Å². The molecular formula is C22H31O5-. The smallest absolute Gasteiger partial charge is 0.0758 e. The molecule has 2 atom stereocenters. The van der Waals surface area contributed by atoms with E-state index in [1.54, 1.807) is 42.5 Å². The first-order valence-corrected chi connectivity index (χ1v) is 9.19. The zero-order chi connectivity index (χ0) is 20.2. The first-order valence-electron chi connectivity index (χ1n) is 9.19. The summed E-state index contributed by atoms with van der Waals surface area (Å²) in [6, 6.07) is 0. The summed E-state index contributed by atoms with van der Waals surface area (Å²) in [4.78, 5) is 10.2. The summed E-state index contributed by atoms with van der Waals surface area (Å²) in [5.74, 6) is -1.04. The monoisotopic (exact) mass is 375 g/mol. The number of hydrogen-bond acceptors (Lipinski definition) is 5. The van der Waals surface area contributed by atoms with Gasteiger partial charge in [0.2, 0.25) is 0 Å². The van der Waals surface area contributed by atoms with Crippen LogP contribution in [0.1, 0.15) is 38.5 Å². The fraction of sp³-hybridized carbons (Fsp3) is 0.409. The second-order valence-corrected chi connectivity index (χ2v) is 5.83. The van der Waals surface area contributed by atoms with E-state index in [9.17, 15) is 20.1 Å². The highest BCUT2D eigenvalue weighted by Crippen LogP contribution is 1.99. The third-order valence-corrected chi connectivity index (χ3v) is 3.34. The molecule has 0 aliphatic carbocycles. The van der Waals surface area contributed by atoms with Crippen molar-refractivity contribution in [2.45, 2.75) is 50.7 Å². The predicted octanol–water partition coefficient (Wildman–Crippen LogP) is 2.13. The minimum atomic E-state index is -1.04. The summed E-state index contributed by atoms with van der Waals surface area (Å²) in [7, 11) is 0. The van der Waals surface area contributed by atoms with Gasteiger partial charge in [0.25, 0.3) is 0 Å². The Kier molecular flexibility index (Phi) is 17.1. The summed E-state index contributed by atoms with van der Waals surface area (Å²) in [5.41, 5.74) is 0. The SMILES string of the molecule is O=C([O-])CC/C=C\C/C=C\C[C@@H](O)/C=C/C=C/C=C\[C@@H](O)C/C=C\CCO. The Morgan fingerprint density at radius 3 is 1.85 bits per heavy atom. The zero-order valence-electron chi connectivity index (χ0n) is 15.7. The zero-order valence-corrected chi connectivity index (χ0v) is 15.7. The molecule has 0 heterocycles. The lowest BCUT2D eigenvalue weighted by atomic mass is 10.2. The molecular weight excluding hydrogens is 344 g/mol. The molecule has 0 aromatic carbocycles. The van der Waals surface area contributed by atoms with Crippen LogP contribution in [0.15, 0.2) is 72.9 Å². The van der Waals surface area contributed by atoms with E-state index in [4.69, 9.17) is 5.11 Å². The van der Waals surface area contributed by atoms with Crippen molar-refractivity contribution in [1.29, 1.82) is 0 Å². The van der Waals surface area contributed by atoms with Crippen LogP contribution in [0.3, 0.4) is 0 Å². The van der Waals surface area contributed by atoms with Crippen molar-refractivity contribution in [2.75, 3.05) is 6.61 Å². The van der Waals surface area contributed by atoms with Crippen molar-refractivity contribution in [3.05, 3.63) is 72.9 Å². The molecule has 5 nitrogen and oxygen atoms in total. The number of carboxylic acid groups (broad SMARTS) is 1. The number of carboxylic acids is 1. The topological polar surface area (TPSA) is 101 Å². The molecule has 0 saturated heterocycles. The number of aliphatic carboxylic acids is 1. The fourth-order valence-electron chi connectivity index (χ4n) is 1.92. The van der Waals surface area contributed by atoms with Gasteiger partial charge in [-0.2, -0.15) is 0 Å². The van der Waals surface area contributed by atoms with Gasteiger partial charge in [-0.3, -0.25) is 0 Å². The lowest BCUT2D eigenvalue weighted by Crippen LogP contribution is -2.21. The maximum Gasteiger partial charge on any atom is 0.0758 e. The van der Waals surface area contributed by atoms with E-state index in [1.807, 2.05) is 30.4 Å². The second kappa shape index (κ2) is 18.6. The van der Waals surface area contributed by atoms with Gasteiger partial charge in [-0.05, 0) is 38.5 Å². The molecule has 150 valence electrons. The predicted molar refractivity (Wildman–Crippen MR) is 107 cm³/mol. The average molecular weight is 375 g/mol. The summed E-state index contributed by atoms with van der Waals surface area (Å²) in [6.07, 6.45) is 23.2. The molecule has 0 bridgehead atoms. The van der Waals surface area contributed by atoms with Crippen LogP contribution in [0.2, 0.25) is 0 Å². The van der Waals surface area contributed by atoms with Gasteiger partial charge in [0.1, 0.15) is 0 Å². The summed E-state index contributed by atoms with van der Waals surface area (Å²) in [5, 5.41) is 38.3. The molecule has 0 spiro atoms. The van der Waals surface area contributed by atoms with E-state index >= 15 is 0 Å². The van der Waals surface area contributed by atoms with Crippen LogP contribution in [0, 0.1) is 0 Å². The van der Waals surface area contributed by atoms with Gasteiger partial charge in [-0.15, -0.1) is 0 Å². The van der Waals surface area contributed by atoms with Gasteiger partial charge < -0.3 is 25.2 Å². The van der Waals surface area contributed by atoms with Crippen molar-refractivity contribution in [2.24, 2.45) is 0 Å². The van der Waals surface area contributed by atoms with Gasteiger partial charge in [0.15, 0.2) is 0 Å². The minimum Gasteiger partial charge on any atom is -0.550 e. The number of rotatable bonds is 15. The largest absolute Gasteiger partial charge is 0.550 e. The van der Waals surface area contributed by atoms with Crippen LogP contribution in [-0.4, -0.2) is 40.1 Å². The maximum atomic E-state index is 10.2. The summed E-state index contributed by atoms with van der Waals surface area (Å²) in [6.45, 7) is 0.114. The first-order chi connectivity index (χ1) is 13.1. The van der Waals surface area contributed by atoms with Crippen LogP contribution in [0.5, 0.6) is 0 Å². The average Bonchev–Trinajstić information content (AvgIpc) is 2.63. The molecule has 0 saturated carbocycles. The third-order valence-electron chi connectivity index (χ3n) is 3.34. The van der Waals surface area contributed by atoms with Crippen molar-refractivity contribution < 1.29 is 25.2 Å². The van der Waals surface area contributed by atoms with Gasteiger partial charge in [0.05, 0.1) is 12.2 Å². The van der Waals surface area contributed by atoms with Crippen LogP contribution in [0.4, 0.5) is 0 Å². The molecule has 5 heteroatoms. The normalized spacial score (nSPS) is 15.4. The Balaban J connectivity index is 3.88. The van der Waals surface area contributed by atoms with Crippen molar-refractivity contribution in [3.63, 3.8) is 0 Å². The highest BCUT2D eigenvalue weighted by Gasteiger charge is 1.93. The maximum absolute atomic E-state index is 10.2. The molecule has 0 aromatic rings. The Labute approximate surface area is 162 Å². The molecule has 0 amide bonds. The van der Waals surface area contributed by atoms with Crippen LogP contribution >= 0.6 is 0 Å². The Morgan fingerprint density at radius 2 is 1.30 bits per heavy atom. The molecule has 0 radical (unpaired) electrons. The Bertz CT molecular complexity index is 541. The Hall–Kier alpha value is -2.21. The molecule has 27 heavy (non-hydrogen) atoms. The highest BCUT2D eigenvalue weighted by molar-refractivity contribution is 5.64. The van der Waals surface area contributed by atoms with E-state index in [0.717, 1.165) is 0 Å². The second-order valence-electron chi connectivity index (χ2n) is 5.83. The number of hydrogen-bond donors (Lipinski definition) is 3. The number of allylic oxidation sites excluding steroid dienone is 7. The van der Waals surface area contributed by atoms with Gasteiger partial charge in [0, 0.05) is 12.6 Å². The molecule has 0 aliphatic rings. The van der Waals surface area contributed by atoms with Crippen molar-refractivity contribution in [3.8, 4) is 0 Å². The van der Waals surface area contributed by atoms with Crippen LogP contribution < -0.4 is 5.11 Å². The molecule has 3 N–H and O–H groups in total. The van der Waals surface area contributed by atoms with Crippen LogP contribution in [-0.2, 0) is 4.79 Å². The fourth-order valence-corrected chi connectivity index (χ4v) is 1.92. The van der Waals surface area contributed by atoms with Gasteiger partial charge in [-0.25, -0.2) is 0 Å². The number of carbonyl (C=O) groups is 1. The van der Waals surface area contributed by atoms with E-state index in [1.165, 1.54) is 0 Å². The minimum absolute atomic E-state index is 0.0348. The number of aliphatic hydroxyl groups excluding tert-OH is 3. The Morgan fingerprint density at radius 1 is 0.778 bits per heavy atom. The quantitative estimate of drug-likeness (QED) is 0.301. The van der Waals surface area contributed by atoms with Crippen LogP contribution in [0.25, 0.3) is 0 Å². The number of aliphatic hydroxyl groups is 3. The van der Waals surface area contributed by atoms with E-state index in [0.29, 0.717) is 32.1 Å². The van der Waals surface area contributed by atoms with Crippen molar-refractivity contribution in [1.82, 2.24) is 0 Å². The number of carbonyl (C=O) groups excluding carboxylic acids is 1. The summed E-state index contributed by atoms with van der Waals surface area (Å²) < 4.78 is 0. The first kappa shape index (κ1) is 24.8. The molecule has 0 fully saturated rings.